The summed E-state index contributed by atoms with van der Waals surface area (Å²) in [4.78, 5) is 12.1. The zero-order valence-corrected chi connectivity index (χ0v) is 11.1. The van der Waals surface area contributed by atoms with Gasteiger partial charge in [-0.3, -0.25) is 9.36 Å². The van der Waals surface area contributed by atoms with Crippen LogP contribution in [0.4, 0.5) is 0 Å². The van der Waals surface area contributed by atoms with Gasteiger partial charge < -0.3 is 0 Å². The van der Waals surface area contributed by atoms with Gasteiger partial charge in [0.1, 0.15) is 0 Å². The van der Waals surface area contributed by atoms with Crippen molar-refractivity contribution in [2.75, 3.05) is 12.5 Å². The molecule has 0 amide bonds. The molecule has 1 aromatic heterocycles. The number of aromatic nitrogens is 3. The lowest BCUT2D eigenvalue weighted by molar-refractivity contribution is 0.538. The largest absolute Gasteiger partial charge is 0.263 e. The van der Waals surface area contributed by atoms with E-state index < -0.39 is 0 Å². The summed E-state index contributed by atoms with van der Waals surface area (Å²) in [5, 5.41) is 9.74. The Labute approximate surface area is 102 Å². The smallest absolute Gasteiger partial charge is 0.249 e. The number of aliphatic imine (C=N–C) groups is 1. The van der Waals surface area contributed by atoms with Crippen LogP contribution in [0.1, 0.15) is 0 Å². The van der Waals surface area contributed by atoms with Crippen molar-refractivity contribution < 1.29 is 0 Å². The Hall–Kier alpha value is -1.20. The molecule has 6 nitrogen and oxygen atoms in total. The lowest BCUT2D eigenvalue weighted by Crippen LogP contribution is -2.21. The maximum atomic E-state index is 8.47. The summed E-state index contributed by atoms with van der Waals surface area (Å²) < 4.78 is 3.68. The summed E-state index contributed by atoms with van der Waals surface area (Å²) in [5.41, 5.74) is 0.537. The molecule has 1 rings (SSSR count). The van der Waals surface area contributed by atoms with E-state index >= 15 is 0 Å². The zero-order valence-electron chi connectivity index (χ0n) is 9.50. The lowest BCUT2D eigenvalue weighted by atomic mass is 11.0. The molecule has 0 fully saturated rings. The van der Waals surface area contributed by atoms with Crippen LogP contribution in [-0.2, 0) is 14.1 Å². The second-order valence-corrected chi connectivity index (χ2v) is 4.30. The van der Waals surface area contributed by atoms with Crippen LogP contribution in [0.15, 0.2) is 15.1 Å². The first-order valence-electron chi connectivity index (χ1n) is 4.33. The van der Waals surface area contributed by atoms with Gasteiger partial charge in [-0.05, 0) is 12.5 Å². The van der Waals surface area contributed by atoms with Gasteiger partial charge in [0, 0.05) is 14.1 Å². The molecule has 0 atom stereocenters. The fraction of sp³-hybridized carbons (Fsp3) is 0.500. The minimum atomic E-state index is 0.406. The van der Waals surface area contributed by atoms with E-state index in [0.29, 0.717) is 10.8 Å². The van der Waals surface area contributed by atoms with Crippen LogP contribution >= 0.6 is 23.5 Å². The van der Waals surface area contributed by atoms with E-state index in [0.717, 1.165) is 5.16 Å². The second kappa shape index (κ2) is 5.77. The predicted molar refractivity (Wildman–Crippen MR) is 66.1 cm³/mol. The van der Waals surface area contributed by atoms with Crippen molar-refractivity contribution in [1.29, 1.82) is 5.26 Å². The minimum Gasteiger partial charge on any atom is -0.263 e. The van der Waals surface area contributed by atoms with Crippen molar-refractivity contribution in [1.82, 2.24) is 14.3 Å². The third kappa shape index (κ3) is 2.68. The van der Waals surface area contributed by atoms with E-state index in [1.807, 2.05) is 31.3 Å². The van der Waals surface area contributed by atoms with Crippen molar-refractivity contribution in [3.63, 3.8) is 0 Å². The Morgan fingerprint density at radius 2 is 2.06 bits per heavy atom. The molecule has 0 aliphatic rings. The molecule has 8 heteroatoms. The first-order chi connectivity index (χ1) is 7.63. The highest BCUT2D eigenvalue weighted by atomic mass is 32.2. The van der Waals surface area contributed by atoms with E-state index in [-0.39, 0.29) is 0 Å². The normalized spacial score (nSPS) is 12.9. The number of amidine groups is 1. The van der Waals surface area contributed by atoms with Crippen LogP contribution in [0.3, 0.4) is 0 Å². The number of hydrogen-bond acceptors (Lipinski definition) is 5. The topological polar surface area (TPSA) is 71.3 Å². The molecule has 1 heterocycles. The monoisotopic (exact) mass is 256 g/mol. The summed E-state index contributed by atoms with van der Waals surface area (Å²) >= 11 is 2.85. The van der Waals surface area contributed by atoms with E-state index in [2.05, 4.69) is 15.0 Å². The molecule has 0 aliphatic carbocycles. The number of thioether (sulfide) groups is 2. The molecular formula is C8H12N6S2. The molecule has 0 bridgehead atoms. The van der Waals surface area contributed by atoms with Gasteiger partial charge in [0.25, 0.3) is 0 Å². The van der Waals surface area contributed by atoms with Gasteiger partial charge in [-0.2, -0.15) is 15.2 Å². The molecular weight excluding hydrogens is 244 g/mol. The van der Waals surface area contributed by atoms with E-state index in [1.165, 1.54) is 23.5 Å². The Balaban J connectivity index is 3.29. The summed E-state index contributed by atoms with van der Waals surface area (Å²) in [5.74, 6) is 0. The zero-order chi connectivity index (χ0) is 12.1. The lowest BCUT2D eigenvalue weighted by Gasteiger charge is -2.00. The van der Waals surface area contributed by atoms with Gasteiger partial charge in [0.15, 0.2) is 5.16 Å². The molecule has 0 N–H and O–H groups in total. The Kier molecular flexibility index (Phi) is 4.64. The Bertz CT molecular complexity index is 504. The van der Waals surface area contributed by atoms with Crippen LogP contribution in [-0.4, -0.2) is 32.0 Å². The fourth-order valence-electron chi connectivity index (χ4n) is 1.01. The average molecular weight is 256 g/mol. The highest BCUT2D eigenvalue weighted by Crippen LogP contribution is 2.07. The van der Waals surface area contributed by atoms with Crippen molar-refractivity contribution in [2.45, 2.75) is 5.16 Å². The molecule has 86 valence electrons. The van der Waals surface area contributed by atoms with Crippen molar-refractivity contribution >= 4 is 28.7 Å². The predicted octanol–water partition coefficient (Wildman–Crippen LogP) is 0.581. The van der Waals surface area contributed by atoms with Crippen LogP contribution < -0.4 is 5.62 Å². The number of hydrogen-bond donors (Lipinski definition) is 0. The first-order valence-corrected chi connectivity index (χ1v) is 6.78. The minimum absolute atomic E-state index is 0.406. The van der Waals surface area contributed by atoms with E-state index in [1.54, 1.807) is 10.9 Å². The molecule has 0 aliphatic heterocycles. The second-order valence-electron chi connectivity index (χ2n) is 2.76. The van der Waals surface area contributed by atoms with Gasteiger partial charge in [-0.15, -0.1) is 4.99 Å². The van der Waals surface area contributed by atoms with Gasteiger partial charge in [0.2, 0.25) is 17.0 Å². The highest BCUT2D eigenvalue weighted by molar-refractivity contribution is 8.13. The van der Waals surface area contributed by atoms with Gasteiger partial charge in [-0.1, -0.05) is 23.5 Å². The number of nitrogens with zero attached hydrogens (tertiary/aromatic N) is 6. The molecule has 0 saturated carbocycles. The molecule has 0 radical (unpaired) electrons. The molecule has 1 aromatic rings. The average Bonchev–Trinajstić information content (AvgIpc) is 2.56. The maximum absolute atomic E-state index is 8.47. The SMILES string of the molecule is CSC(=NC#N)N=c1nc(SC)n(C)n1C. The Morgan fingerprint density at radius 1 is 1.38 bits per heavy atom. The Morgan fingerprint density at radius 3 is 2.50 bits per heavy atom. The quantitative estimate of drug-likeness (QED) is 0.319. The molecule has 0 saturated heterocycles. The van der Waals surface area contributed by atoms with Gasteiger partial charge in [0.05, 0.1) is 0 Å². The van der Waals surface area contributed by atoms with Crippen molar-refractivity contribution in [3.8, 4) is 6.19 Å². The molecule has 0 unspecified atom stereocenters. The van der Waals surface area contributed by atoms with Crippen LogP contribution in [0.2, 0.25) is 0 Å². The standard InChI is InChI=1S/C8H12N6S2/c1-13-6(11-7(15-3)10-5-9)12-8(16-4)14(13)2/h1-4H3. The third-order valence-corrected chi connectivity index (χ3v) is 3.19. The summed E-state index contributed by atoms with van der Waals surface area (Å²) in [7, 11) is 3.76. The van der Waals surface area contributed by atoms with Gasteiger partial charge in [-0.25, -0.2) is 0 Å². The van der Waals surface area contributed by atoms with Crippen molar-refractivity contribution in [2.24, 2.45) is 24.1 Å². The molecule has 0 aromatic carbocycles. The maximum Gasteiger partial charge on any atom is 0.249 e. The van der Waals surface area contributed by atoms with Crippen LogP contribution in [0.5, 0.6) is 0 Å². The fourth-order valence-corrected chi connectivity index (χ4v) is 1.88. The summed E-state index contributed by atoms with van der Waals surface area (Å²) in [6, 6.07) is 0. The van der Waals surface area contributed by atoms with Crippen molar-refractivity contribution in [3.05, 3.63) is 5.62 Å². The summed E-state index contributed by atoms with van der Waals surface area (Å²) in [6.45, 7) is 0. The van der Waals surface area contributed by atoms with E-state index in [4.69, 9.17) is 5.26 Å². The number of nitriles is 1. The first kappa shape index (κ1) is 12.9. The number of rotatable bonds is 1. The molecule has 0 spiro atoms. The van der Waals surface area contributed by atoms with Gasteiger partial charge >= 0.3 is 0 Å². The van der Waals surface area contributed by atoms with E-state index in [9.17, 15) is 0 Å². The van der Waals surface area contributed by atoms with Crippen LogP contribution in [0, 0.1) is 11.5 Å². The highest BCUT2D eigenvalue weighted by Gasteiger charge is 2.04. The van der Waals surface area contributed by atoms with Crippen LogP contribution in [0.25, 0.3) is 0 Å². The third-order valence-electron chi connectivity index (χ3n) is 1.92. The summed E-state index contributed by atoms with van der Waals surface area (Å²) in [6.07, 6.45) is 5.49. The molecule has 16 heavy (non-hydrogen) atoms.